The fraction of sp³-hybridized carbons (Fsp3) is 0.263. The van der Waals surface area contributed by atoms with Crippen LogP contribution in [0.3, 0.4) is 0 Å². The van der Waals surface area contributed by atoms with Crippen molar-refractivity contribution in [3.63, 3.8) is 0 Å². The second-order valence-corrected chi connectivity index (χ2v) is 7.41. The van der Waals surface area contributed by atoms with Crippen LogP contribution >= 0.6 is 34.8 Å². The minimum atomic E-state index is -0.319. The van der Waals surface area contributed by atoms with E-state index in [1.54, 1.807) is 35.2 Å². The Bertz CT molecular complexity index is 852. The summed E-state index contributed by atoms with van der Waals surface area (Å²) in [4.78, 5) is 28.4. The minimum Gasteiger partial charge on any atom is -0.368 e. The van der Waals surface area contributed by atoms with Crippen molar-refractivity contribution in [2.24, 2.45) is 0 Å². The zero-order valence-electron chi connectivity index (χ0n) is 14.4. The van der Waals surface area contributed by atoms with Crippen LogP contribution in [0.5, 0.6) is 0 Å². The predicted octanol–water partition coefficient (Wildman–Crippen LogP) is 3.73. The summed E-state index contributed by atoms with van der Waals surface area (Å²) in [5, 5.41) is 4.15. The Morgan fingerprint density at radius 2 is 1.67 bits per heavy atom. The topological polar surface area (TPSA) is 52.7 Å². The van der Waals surface area contributed by atoms with E-state index in [1.807, 2.05) is 12.1 Å². The number of nitrogens with zero attached hydrogens (tertiary/aromatic N) is 2. The monoisotopic (exact) mass is 425 g/mol. The van der Waals surface area contributed by atoms with Crippen LogP contribution in [0.4, 0.5) is 5.69 Å². The van der Waals surface area contributed by atoms with Crippen LogP contribution in [0, 0.1) is 0 Å². The molecule has 0 radical (unpaired) electrons. The van der Waals surface area contributed by atoms with Crippen molar-refractivity contribution in [2.75, 3.05) is 37.6 Å². The molecule has 2 amide bonds. The molecule has 0 spiro atoms. The molecule has 1 aliphatic rings. The predicted molar refractivity (Wildman–Crippen MR) is 109 cm³/mol. The van der Waals surface area contributed by atoms with E-state index in [1.165, 1.54) is 0 Å². The first kappa shape index (κ1) is 19.8. The molecule has 3 rings (SSSR count). The highest BCUT2D eigenvalue weighted by molar-refractivity contribution is 6.42. The number of amides is 2. The van der Waals surface area contributed by atoms with Gasteiger partial charge in [0.15, 0.2) is 0 Å². The van der Waals surface area contributed by atoms with E-state index in [2.05, 4.69) is 10.2 Å². The highest BCUT2D eigenvalue weighted by atomic mass is 35.5. The number of nitrogens with one attached hydrogen (secondary N) is 1. The van der Waals surface area contributed by atoms with Crippen LogP contribution in [0.1, 0.15) is 10.4 Å². The standard InChI is InChI=1S/C19H18Cl3N3O2/c20-14-3-1-2-13(10-14)19(27)23-12-18(26)25-8-6-24(7-9-25)15-4-5-16(21)17(22)11-15/h1-5,10-11H,6-9,12H2,(H,23,27). The zero-order valence-corrected chi connectivity index (χ0v) is 16.7. The number of piperazine rings is 1. The molecule has 0 saturated carbocycles. The SMILES string of the molecule is O=C(NCC(=O)N1CCN(c2ccc(Cl)c(Cl)c2)CC1)c1cccc(Cl)c1. The molecule has 0 aliphatic carbocycles. The number of hydrogen-bond donors (Lipinski definition) is 1. The summed E-state index contributed by atoms with van der Waals surface area (Å²) in [6.07, 6.45) is 0. The molecule has 1 saturated heterocycles. The van der Waals surface area contributed by atoms with Gasteiger partial charge in [-0.05, 0) is 36.4 Å². The average Bonchev–Trinajstić information content (AvgIpc) is 2.68. The van der Waals surface area contributed by atoms with Gasteiger partial charge in [-0.3, -0.25) is 9.59 Å². The van der Waals surface area contributed by atoms with Gasteiger partial charge < -0.3 is 15.1 Å². The van der Waals surface area contributed by atoms with Gasteiger partial charge in [0, 0.05) is 42.5 Å². The lowest BCUT2D eigenvalue weighted by molar-refractivity contribution is -0.130. The van der Waals surface area contributed by atoms with Crippen molar-refractivity contribution in [1.82, 2.24) is 10.2 Å². The van der Waals surface area contributed by atoms with E-state index >= 15 is 0 Å². The smallest absolute Gasteiger partial charge is 0.251 e. The molecule has 1 fully saturated rings. The fourth-order valence-corrected chi connectivity index (χ4v) is 3.38. The molecule has 142 valence electrons. The normalized spacial score (nSPS) is 14.2. The van der Waals surface area contributed by atoms with Crippen molar-refractivity contribution in [3.05, 3.63) is 63.1 Å². The molecule has 2 aromatic carbocycles. The third kappa shape index (κ3) is 5.06. The first-order chi connectivity index (χ1) is 12.9. The number of halogens is 3. The van der Waals surface area contributed by atoms with E-state index in [0.717, 1.165) is 5.69 Å². The van der Waals surface area contributed by atoms with Crippen molar-refractivity contribution in [3.8, 4) is 0 Å². The Morgan fingerprint density at radius 1 is 0.926 bits per heavy atom. The van der Waals surface area contributed by atoms with Crippen LogP contribution in [0.2, 0.25) is 15.1 Å². The van der Waals surface area contributed by atoms with Crippen LogP contribution in [-0.2, 0) is 4.79 Å². The lowest BCUT2D eigenvalue weighted by Gasteiger charge is -2.36. The Kier molecular flexibility index (Phi) is 6.47. The molecule has 27 heavy (non-hydrogen) atoms. The molecule has 0 bridgehead atoms. The molecule has 1 aliphatic heterocycles. The molecule has 2 aromatic rings. The second kappa shape index (κ2) is 8.83. The Morgan fingerprint density at radius 3 is 2.33 bits per heavy atom. The van der Waals surface area contributed by atoms with E-state index in [4.69, 9.17) is 34.8 Å². The van der Waals surface area contributed by atoms with Crippen molar-refractivity contribution in [1.29, 1.82) is 0 Å². The summed E-state index contributed by atoms with van der Waals surface area (Å²) in [7, 11) is 0. The third-order valence-corrected chi connectivity index (χ3v) is 5.36. The highest BCUT2D eigenvalue weighted by Gasteiger charge is 2.22. The molecule has 8 heteroatoms. The Hall–Kier alpha value is -1.95. The summed E-state index contributed by atoms with van der Waals surface area (Å²) in [5.41, 5.74) is 1.41. The van der Waals surface area contributed by atoms with Gasteiger partial charge in [0.2, 0.25) is 5.91 Å². The zero-order chi connectivity index (χ0) is 19.4. The van der Waals surface area contributed by atoms with Gasteiger partial charge in [-0.15, -0.1) is 0 Å². The van der Waals surface area contributed by atoms with Gasteiger partial charge in [0.1, 0.15) is 0 Å². The summed E-state index contributed by atoms with van der Waals surface area (Å²) in [6.45, 7) is 2.48. The number of rotatable bonds is 4. The average molecular weight is 427 g/mol. The molecular formula is C19H18Cl3N3O2. The first-order valence-electron chi connectivity index (χ1n) is 8.45. The van der Waals surface area contributed by atoms with Crippen LogP contribution in [-0.4, -0.2) is 49.4 Å². The maximum absolute atomic E-state index is 12.4. The Balaban J connectivity index is 1.49. The van der Waals surface area contributed by atoms with E-state index < -0.39 is 0 Å². The van der Waals surface area contributed by atoms with E-state index in [0.29, 0.717) is 46.8 Å². The third-order valence-electron chi connectivity index (χ3n) is 4.39. The highest BCUT2D eigenvalue weighted by Crippen LogP contribution is 2.27. The van der Waals surface area contributed by atoms with E-state index in [-0.39, 0.29) is 18.4 Å². The van der Waals surface area contributed by atoms with Gasteiger partial charge in [-0.1, -0.05) is 40.9 Å². The van der Waals surface area contributed by atoms with Crippen molar-refractivity contribution < 1.29 is 9.59 Å². The van der Waals surface area contributed by atoms with Crippen molar-refractivity contribution in [2.45, 2.75) is 0 Å². The molecule has 1 heterocycles. The van der Waals surface area contributed by atoms with Crippen LogP contribution < -0.4 is 10.2 Å². The number of carbonyl (C=O) groups is 2. The maximum Gasteiger partial charge on any atom is 0.251 e. The van der Waals surface area contributed by atoms with Crippen LogP contribution in [0.25, 0.3) is 0 Å². The second-order valence-electron chi connectivity index (χ2n) is 6.16. The van der Waals surface area contributed by atoms with Crippen molar-refractivity contribution >= 4 is 52.3 Å². The molecule has 1 N–H and O–H groups in total. The molecular weight excluding hydrogens is 409 g/mol. The van der Waals surface area contributed by atoms with Gasteiger partial charge in [0.25, 0.3) is 5.91 Å². The van der Waals surface area contributed by atoms with Gasteiger partial charge in [0.05, 0.1) is 16.6 Å². The van der Waals surface area contributed by atoms with E-state index in [9.17, 15) is 9.59 Å². The largest absolute Gasteiger partial charge is 0.368 e. The summed E-state index contributed by atoms with van der Waals surface area (Å²) >= 11 is 17.9. The Labute approximate surface area is 172 Å². The fourth-order valence-electron chi connectivity index (χ4n) is 2.90. The number of benzene rings is 2. The first-order valence-corrected chi connectivity index (χ1v) is 9.59. The lowest BCUT2D eigenvalue weighted by Crippen LogP contribution is -2.51. The van der Waals surface area contributed by atoms with Gasteiger partial charge in [-0.2, -0.15) is 0 Å². The molecule has 5 nitrogen and oxygen atoms in total. The summed E-state index contributed by atoms with van der Waals surface area (Å²) < 4.78 is 0. The lowest BCUT2D eigenvalue weighted by atomic mass is 10.2. The minimum absolute atomic E-state index is 0.0435. The molecule has 0 atom stereocenters. The summed E-state index contributed by atoms with van der Waals surface area (Å²) in [6, 6.07) is 12.1. The molecule has 0 aromatic heterocycles. The van der Waals surface area contributed by atoms with Crippen LogP contribution in [0.15, 0.2) is 42.5 Å². The molecule has 0 unspecified atom stereocenters. The van der Waals surface area contributed by atoms with Gasteiger partial charge >= 0.3 is 0 Å². The number of anilines is 1. The van der Waals surface area contributed by atoms with Gasteiger partial charge in [-0.25, -0.2) is 0 Å². The number of hydrogen-bond acceptors (Lipinski definition) is 3. The summed E-state index contributed by atoms with van der Waals surface area (Å²) in [5.74, 6) is -0.431. The number of carbonyl (C=O) groups excluding carboxylic acids is 2. The quantitative estimate of drug-likeness (QED) is 0.810. The maximum atomic E-state index is 12.4.